The van der Waals surface area contributed by atoms with Crippen LogP contribution >= 0.6 is 0 Å². The fourth-order valence-corrected chi connectivity index (χ4v) is 22.9. The number of esters is 5. The van der Waals surface area contributed by atoms with E-state index in [-0.39, 0.29) is 55.9 Å². The summed E-state index contributed by atoms with van der Waals surface area (Å²) in [5.41, 5.74) is -7.23. The number of aliphatic hydroxyl groups excluding tert-OH is 19. The summed E-state index contributed by atoms with van der Waals surface area (Å²) in [5.74, 6) is -6.35. The zero-order valence-electron chi connectivity index (χ0n) is 77.0. The summed E-state index contributed by atoms with van der Waals surface area (Å²) in [7, 11) is 0. The summed E-state index contributed by atoms with van der Waals surface area (Å²) >= 11 is 0. The van der Waals surface area contributed by atoms with Gasteiger partial charge in [0.1, 0.15) is 152 Å². The molecule has 0 bridgehead atoms. The summed E-state index contributed by atoms with van der Waals surface area (Å²) in [5, 5.41) is 230. The van der Waals surface area contributed by atoms with Crippen LogP contribution in [0.15, 0.2) is 36.0 Å². The molecule has 0 aromatic rings. The minimum absolute atomic E-state index is 0.0631. The predicted octanol–water partition coefficient (Wildman–Crippen LogP) is -5.67. The van der Waals surface area contributed by atoms with E-state index in [2.05, 4.69) is 20.4 Å². The number of rotatable bonds is 28. The highest BCUT2D eigenvalue weighted by atomic mass is 16.8. The second-order valence-electron chi connectivity index (χ2n) is 40.6. The van der Waals surface area contributed by atoms with Gasteiger partial charge < -0.3 is 197 Å². The van der Waals surface area contributed by atoms with E-state index >= 15 is 4.79 Å². The molecule has 12 fully saturated rings. The number of hydrogen-bond donors (Lipinski definition) is 20. The van der Waals surface area contributed by atoms with Gasteiger partial charge >= 0.3 is 29.8 Å². The van der Waals surface area contributed by atoms with Crippen LogP contribution in [0.5, 0.6) is 0 Å². The van der Waals surface area contributed by atoms with Gasteiger partial charge in [-0.25, -0.2) is 4.79 Å². The Morgan fingerprint density at radius 3 is 1.69 bits per heavy atom. The third-order valence-electron chi connectivity index (χ3n) is 31.0. The Bertz CT molecular complexity index is 4100. The second kappa shape index (κ2) is 42.0. The van der Waals surface area contributed by atoms with Crippen LogP contribution in [0.1, 0.15) is 147 Å². The minimum Gasteiger partial charge on any atom is -0.463 e. The molecule has 4 saturated carbocycles. The van der Waals surface area contributed by atoms with Gasteiger partial charge in [0.05, 0.1) is 70.2 Å². The van der Waals surface area contributed by atoms with E-state index in [9.17, 15) is 121 Å². The van der Waals surface area contributed by atoms with Crippen molar-refractivity contribution in [3.63, 3.8) is 0 Å². The zero-order chi connectivity index (χ0) is 98.2. The molecule has 46 atom stereocenters. The summed E-state index contributed by atoms with van der Waals surface area (Å²) in [6.45, 7) is 18.5. The molecule has 46 unspecified atom stereocenters. The molecule has 20 N–H and O–H groups in total. The van der Waals surface area contributed by atoms with Gasteiger partial charge in [-0.3, -0.25) is 19.2 Å². The van der Waals surface area contributed by atoms with Crippen molar-refractivity contribution in [1.29, 1.82) is 0 Å². The van der Waals surface area contributed by atoms with E-state index in [1.165, 1.54) is 26.0 Å². The Balaban J connectivity index is 0.766. The monoisotopic (exact) mass is 1930 g/mol. The molecule has 45 heteroatoms. The number of fused-ring (bicyclic) bond motifs is 7. The third-order valence-corrected chi connectivity index (χ3v) is 31.0. The van der Waals surface area contributed by atoms with Crippen molar-refractivity contribution < 1.29 is 221 Å². The smallest absolute Gasteiger partial charge is 0.333 e. The molecule has 134 heavy (non-hydrogen) atoms. The Hall–Kier alpha value is -4.83. The first-order valence-electron chi connectivity index (χ1n) is 45.9. The number of carbonyl (C=O) groups is 5. The lowest BCUT2D eigenvalue weighted by Gasteiger charge is -2.72. The van der Waals surface area contributed by atoms with E-state index in [0.717, 1.165) is 20.8 Å². The number of ether oxygens (including phenoxy) is 20. The third kappa shape index (κ3) is 20.8. The van der Waals surface area contributed by atoms with Crippen LogP contribution in [0.4, 0.5) is 0 Å². The Morgan fingerprint density at radius 1 is 0.470 bits per heavy atom. The van der Waals surface area contributed by atoms with Gasteiger partial charge in [0.25, 0.3) is 0 Å². The number of aliphatic hydroxyl groups is 20. The topological polar surface area (TPSA) is 675 Å². The first-order chi connectivity index (χ1) is 62.8. The summed E-state index contributed by atoms with van der Waals surface area (Å²) in [6.07, 6.45) is -61.3. The van der Waals surface area contributed by atoms with Gasteiger partial charge in [0, 0.05) is 31.8 Å². The Morgan fingerprint density at radius 2 is 1.03 bits per heavy atom. The van der Waals surface area contributed by atoms with Gasteiger partial charge in [0.2, 0.25) is 6.29 Å². The molecule has 8 aliphatic heterocycles. The molecule has 13 aliphatic rings. The molecular weight excluding hydrogens is 1790 g/mol. The minimum atomic E-state index is -2.19. The van der Waals surface area contributed by atoms with Crippen LogP contribution in [0.3, 0.4) is 0 Å². The summed E-state index contributed by atoms with van der Waals surface area (Å²) in [6, 6.07) is 0. The summed E-state index contributed by atoms with van der Waals surface area (Å²) < 4.78 is 119. The zero-order valence-corrected chi connectivity index (χ0v) is 77.0. The number of hydrogen-bond acceptors (Lipinski definition) is 45. The van der Waals surface area contributed by atoms with E-state index in [1.54, 1.807) is 0 Å². The lowest BCUT2D eigenvalue weighted by Crippen LogP contribution is -2.73. The highest BCUT2D eigenvalue weighted by Crippen LogP contribution is 2.76. The molecule has 8 saturated heterocycles. The van der Waals surface area contributed by atoms with Crippen molar-refractivity contribution in [2.24, 2.45) is 50.2 Å². The maximum absolute atomic E-state index is 16.4. The maximum Gasteiger partial charge on any atom is 0.333 e. The first kappa shape index (κ1) is 106. The molecule has 764 valence electrons. The highest BCUT2D eigenvalue weighted by molar-refractivity contribution is 5.88. The molecular formula is C89H138O45. The van der Waals surface area contributed by atoms with Crippen molar-refractivity contribution in [2.45, 2.75) is 386 Å². The number of allylic oxidation sites excluding steroid dienone is 2. The quantitative estimate of drug-likeness (QED) is 0.0114. The molecule has 8 heterocycles. The van der Waals surface area contributed by atoms with E-state index < -0.39 is 360 Å². The Labute approximate surface area is 773 Å². The lowest BCUT2D eigenvalue weighted by molar-refractivity contribution is -0.380. The van der Waals surface area contributed by atoms with E-state index in [0.29, 0.717) is 31.3 Å². The first-order valence-corrected chi connectivity index (χ1v) is 45.9. The summed E-state index contributed by atoms with van der Waals surface area (Å²) in [4.78, 5) is 67.4. The van der Waals surface area contributed by atoms with Gasteiger partial charge in [0.15, 0.2) is 68.4 Å². The predicted molar refractivity (Wildman–Crippen MR) is 442 cm³/mol. The molecule has 5 aliphatic carbocycles. The molecule has 13 rings (SSSR count). The van der Waals surface area contributed by atoms with Crippen molar-refractivity contribution >= 4 is 29.8 Å². The SMILES string of the molecule is C=CC(C)(O)CC/C=C(\C)C(=O)OC1C(O)C(CO)OC(OC(=O)C23CCC(C)(C)CC2C2=CCC4C5(C)CCC(OC6OC(COC7OCC(OC(C)=O)C(O)C7OC7OC(COC(C)=O)C(O)C(O)C7O)C(O)C(O)C6OC6OCC(O)C(O)C6OC(C)=O)C(C)(C)C5CCC4(C)C2(C)C(O)C3O)C1OC1OCC(OC2OCC(O)C(OC3OCC(O)C(O)C3O)C2O)C(O)C1O. The van der Waals surface area contributed by atoms with Crippen LogP contribution in [-0.2, 0) is 119 Å². The largest absolute Gasteiger partial charge is 0.463 e. The van der Waals surface area contributed by atoms with Crippen molar-refractivity contribution in [3.8, 4) is 0 Å². The van der Waals surface area contributed by atoms with Gasteiger partial charge in [-0.1, -0.05) is 72.3 Å². The molecule has 0 aromatic carbocycles. The standard InChI is InChI=1S/C89H138O45/c1-14-85(10,114)21-15-16-35(2)73(112)129-66-57(102)44(27-90)124-81(70(66)133-75-62(107)56(101)47(32-119-75)125-76-64(109)65(43(96)30-117-76)130-74-61(106)52(97)41(94)28-116-74)134-82(113)89-25-24-83(6,7)26-40(89)39-17-18-50-86(11)22-20-51(84(8,9)49(86)19-23-87(50,12)88(39,13)71(110)72(89)111)128-80-69(132-79-67(123-38(5)93)53(98)42(95)29-118-79)60(105)55(100)46(127-80)33-120-78-68(58(103)48(34-121-78)122-37(4)92)131-77-63(108)59(104)54(99)45(126-77)31-115-36(3)91/h14,16-17,40-72,74-81,90,94-111,114H,1,15,18-34H2,2-13H3/b35-16+. The highest BCUT2D eigenvalue weighted by Gasteiger charge is 2.76. The second-order valence-corrected chi connectivity index (χ2v) is 40.6. The fourth-order valence-electron chi connectivity index (χ4n) is 22.9. The van der Waals surface area contributed by atoms with Crippen LogP contribution in [0.25, 0.3) is 0 Å². The van der Waals surface area contributed by atoms with E-state index in [1.807, 2.05) is 40.7 Å². The molecule has 0 amide bonds. The van der Waals surface area contributed by atoms with Crippen LogP contribution in [-0.4, -0.2) is 424 Å². The molecule has 0 spiro atoms. The maximum atomic E-state index is 16.4. The molecule has 45 nitrogen and oxygen atoms in total. The van der Waals surface area contributed by atoms with Gasteiger partial charge in [-0.15, -0.1) is 6.58 Å². The number of carbonyl (C=O) groups excluding carboxylic acids is 5. The van der Waals surface area contributed by atoms with Crippen molar-refractivity contribution in [3.05, 3.63) is 36.0 Å². The van der Waals surface area contributed by atoms with Crippen LogP contribution < -0.4 is 0 Å². The Kier molecular flexibility index (Phi) is 33.4. The van der Waals surface area contributed by atoms with E-state index in [4.69, 9.17) is 94.7 Å². The molecule has 0 aromatic heterocycles. The van der Waals surface area contributed by atoms with Crippen LogP contribution in [0, 0.1) is 50.2 Å². The van der Waals surface area contributed by atoms with Gasteiger partial charge in [-0.2, -0.15) is 0 Å². The molecule has 0 radical (unpaired) electrons. The average Bonchev–Trinajstić information content (AvgIpc) is 0.662. The average molecular weight is 1930 g/mol. The van der Waals surface area contributed by atoms with Crippen LogP contribution in [0.2, 0.25) is 0 Å². The van der Waals surface area contributed by atoms with Crippen molar-refractivity contribution in [2.75, 3.05) is 52.9 Å². The van der Waals surface area contributed by atoms with Gasteiger partial charge in [-0.05, 0) is 117 Å². The van der Waals surface area contributed by atoms with Crippen molar-refractivity contribution in [1.82, 2.24) is 0 Å². The fraction of sp³-hybridized carbons (Fsp3) is 0.876. The lowest BCUT2D eigenvalue weighted by atomic mass is 9.32. The normalized spacial score (nSPS) is 48.4.